The molecule has 2 aliphatic heterocycles. The first-order valence-electron chi connectivity index (χ1n) is 8.81. The maximum absolute atomic E-state index is 12.8. The fourth-order valence-electron chi connectivity index (χ4n) is 3.34. The van der Waals surface area contributed by atoms with Crippen molar-refractivity contribution in [2.24, 2.45) is 9.98 Å². The highest BCUT2D eigenvalue weighted by molar-refractivity contribution is 6.17. The number of aryl methyl sites for hydroxylation is 1. The van der Waals surface area contributed by atoms with Crippen LogP contribution in [0.2, 0.25) is 0 Å². The Hall–Kier alpha value is -3.02. The zero-order valence-electron chi connectivity index (χ0n) is 14.7. The largest absolute Gasteiger partial charge is 0.442 e. The van der Waals surface area contributed by atoms with Crippen molar-refractivity contribution in [3.05, 3.63) is 59.7 Å². The van der Waals surface area contributed by atoms with Crippen LogP contribution in [0.25, 0.3) is 0 Å². The van der Waals surface area contributed by atoms with Gasteiger partial charge in [-0.3, -0.25) is 9.79 Å². The second kappa shape index (κ2) is 6.71. The summed E-state index contributed by atoms with van der Waals surface area (Å²) in [4.78, 5) is 23.8. The molecule has 0 bridgehead atoms. The van der Waals surface area contributed by atoms with E-state index in [4.69, 9.17) is 9.41 Å². The molecule has 2 aliphatic rings. The third-order valence-electron chi connectivity index (χ3n) is 4.69. The number of amides is 1. The lowest BCUT2D eigenvalue weighted by atomic mass is 10.1. The summed E-state index contributed by atoms with van der Waals surface area (Å²) >= 11 is 0. The highest BCUT2D eigenvalue weighted by atomic mass is 16.4. The number of hydrogen-bond donors (Lipinski definition) is 1. The van der Waals surface area contributed by atoms with Crippen LogP contribution in [0.5, 0.6) is 0 Å². The first-order chi connectivity index (χ1) is 12.7. The van der Waals surface area contributed by atoms with Crippen molar-refractivity contribution < 1.29 is 9.21 Å². The molecule has 0 spiro atoms. The Labute approximate surface area is 152 Å². The third kappa shape index (κ3) is 2.87. The number of carbonyl (C=O) groups is 1. The number of nitrogens with one attached hydrogen (secondary N) is 1. The molecule has 0 saturated carbocycles. The van der Waals surface area contributed by atoms with Gasteiger partial charge in [-0.1, -0.05) is 30.3 Å². The maximum Gasteiger partial charge on any atom is 0.255 e. The van der Waals surface area contributed by atoms with E-state index >= 15 is 0 Å². The van der Waals surface area contributed by atoms with Crippen molar-refractivity contribution >= 4 is 24.0 Å². The molecular formula is C20H21N4O2+. The number of carbonyl (C=O) groups excluding carboxylic acids is 1. The van der Waals surface area contributed by atoms with Gasteiger partial charge in [0, 0.05) is 6.54 Å². The van der Waals surface area contributed by atoms with E-state index in [-0.39, 0.29) is 11.9 Å². The first kappa shape index (κ1) is 16.4. The Bertz CT molecular complexity index is 883. The van der Waals surface area contributed by atoms with Gasteiger partial charge in [0.1, 0.15) is 30.4 Å². The molecule has 2 aromatic rings. The number of benzene rings is 1. The third-order valence-corrected chi connectivity index (χ3v) is 4.69. The van der Waals surface area contributed by atoms with E-state index < -0.39 is 0 Å². The minimum absolute atomic E-state index is 0.117. The molecule has 0 radical (unpaired) electrons. The highest BCUT2D eigenvalue weighted by Crippen LogP contribution is 2.35. The Morgan fingerprint density at radius 1 is 1.38 bits per heavy atom. The van der Waals surface area contributed by atoms with Gasteiger partial charge in [-0.15, -0.1) is 0 Å². The molecule has 0 aliphatic carbocycles. The Balaban J connectivity index is 1.55. The van der Waals surface area contributed by atoms with Gasteiger partial charge in [-0.2, -0.15) is 0 Å². The van der Waals surface area contributed by atoms with E-state index in [0.29, 0.717) is 35.7 Å². The van der Waals surface area contributed by atoms with Gasteiger partial charge in [-0.05, 0) is 18.9 Å². The number of furan rings is 1. The van der Waals surface area contributed by atoms with Gasteiger partial charge in [0.25, 0.3) is 5.91 Å². The summed E-state index contributed by atoms with van der Waals surface area (Å²) in [6, 6.07) is 10.2. The second-order valence-corrected chi connectivity index (χ2v) is 6.50. The SMILES string of the molecule is [CH2+]CC1CN2C=Nc3oc(C)c(C(=O)NCCc4ccccc4)c3C2=N1. The van der Waals surface area contributed by atoms with Gasteiger partial charge in [-0.25, -0.2) is 4.99 Å². The zero-order valence-corrected chi connectivity index (χ0v) is 14.7. The van der Waals surface area contributed by atoms with Gasteiger partial charge >= 0.3 is 0 Å². The topological polar surface area (TPSA) is 70.2 Å². The lowest BCUT2D eigenvalue weighted by Gasteiger charge is -2.18. The minimum Gasteiger partial charge on any atom is -0.442 e. The molecular weight excluding hydrogens is 328 g/mol. The normalized spacial score (nSPS) is 17.7. The number of nitrogens with zero attached hydrogens (tertiary/aromatic N) is 3. The average molecular weight is 349 g/mol. The summed E-state index contributed by atoms with van der Waals surface area (Å²) in [5, 5.41) is 2.99. The van der Waals surface area contributed by atoms with E-state index in [9.17, 15) is 4.79 Å². The lowest BCUT2D eigenvalue weighted by Crippen LogP contribution is -2.33. The van der Waals surface area contributed by atoms with Crippen LogP contribution in [-0.4, -0.2) is 42.1 Å². The molecule has 1 aromatic carbocycles. The monoisotopic (exact) mass is 349 g/mol. The maximum atomic E-state index is 12.8. The van der Waals surface area contributed by atoms with E-state index in [1.165, 1.54) is 5.56 Å². The lowest BCUT2D eigenvalue weighted by molar-refractivity contribution is 0.0952. The van der Waals surface area contributed by atoms with E-state index in [1.807, 2.05) is 23.1 Å². The van der Waals surface area contributed by atoms with Crippen molar-refractivity contribution in [2.45, 2.75) is 25.8 Å². The van der Waals surface area contributed by atoms with Gasteiger partial charge < -0.3 is 14.6 Å². The van der Waals surface area contributed by atoms with Crippen LogP contribution in [-0.2, 0) is 6.42 Å². The molecule has 3 heterocycles. The molecule has 6 nitrogen and oxygen atoms in total. The molecule has 1 amide bonds. The summed E-state index contributed by atoms with van der Waals surface area (Å²) in [6.45, 7) is 7.02. The summed E-state index contributed by atoms with van der Waals surface area (Å²) < 4.78 is 5.72. The van der Waals surface area contributed by atoms with E-state index in [2.05, 4.69) is 29.4 Å². The van der Waals surface area contributed by atoms with Crippen LogP contribution in [0.15, 0.2) is 44.7 Å². The number of hydrogen-bond acceptors (Lipinski definition) is 5. The van der Waals surface area contributed by atoms with Crippen molar-refractivity contribution in [1.29, 1.82) is 0 Å². The molecule has 4 rings (SSSR count). The van der Waals surface area contributed by atoms with Crippen LogP contribution in [0, 0.1) is 13.8 Å². The molecule has 1 atom stereocenters. The van der Waals surface area contributed by atoms with Crippen molar-refractivity contribution in [3.8, 4) is 0 Å². The van der Waals surface area contributed by atoms with Crippen molar-refractivity contribution in [2.75, 3.05) is 13.1 Å². The number of aliphatic imine (C=N–C) groups is 2. The first-order valence-corrected chi connectivity index (χ1v) is 8.81. The molecule has 0 fully saturated rings. The number of rotatable bonds is 5. The predicted octanol–water partition coefficient (Wildman–Crippen LogP) is 2.89. The standard InChI is InChI=1S/C20H20N4O2/c1-3-15-11-24-12-22-20-17(18(24)23-15)16(13(2)26-20)19(25)21-10-9-14-7-5-4-6-8-14/h4-8,12,15H,1,3,9-11H2,2H3/p+1. The van der Waals surface area contributed by atoms with Crippen LogP contribution >= 0.6 is 0 Å². The van der Waals surface area contributed by atoms with Gasteiger partial charge in [0.05, 0.1) is 24.6 Å². The molecule has 6 heteroatoms. The Morgan fingerprint density at radius 2 is 2.19 bits per heavy atom. The van der Waals surface area contributed by atoms with Crippen molar-refractivity contribution in [3.63, 3.8) is 0 Å². The Kier molecular flexibility index (Phi) is 4.24. The Morgan fingerprint density at radius 3 is 2.96 bits per heavy atom. The fourth-order valence-corrected chi connectivity index (χ4v) is 3.34. The smallest absolute Gasteiger partial charge is 0.255 e. The van der Waals surface area contributed by atoms with Crippen molar-refractivity contribution in [1.82, 2.24) is 10.2 Å². The summed E-state index contributed by atoms with van der Waals surface area (Å²) in [7, 11) is 0. The molecule has 1 unspecified atom stereocenters. The van der Waals surface area contributed by atoms with Gasteiger partial charge in [0.15, 0.2) is 0 Å². The van der Waals surface area contributed by atoms with E-state index in [0.717, 1.165) is 18.8 Å². The summed E-state index contributed by atoms with van der Waals surface area (Å²) in [5.41, 5.74) is 2.41. The zero-order chi connectivity index (χ0) is 18.1. The van der Waals surface area contributed by atoms with Crippen LogP contribution in [0.1, 0.15) is 33.7 Å². The molecule has 132 valence electrons. The number of fused-ring (bicyclic) bond motifs is 3. The van der Waals surface area contributed by atoms with Crippen LogP contribution < -0.4 is 5.32 Å². The summed E-state index contributed by atoms with van der Waals surface area (Å²) in [5.74, 6) is 1.62. The highest BCUT2D eigenvalue weighted by Gasteiger charge is 2.36. The van der Waals surface area contributed by atoms with E-state index in [1.54, 1.807) is 13.3 Å². The molecule has 1 aromatic heterocycles. The van der Waals surface area contributed by atoms with Crippen LogP contribution in [0.3, 0.4) is 0 Å². The van der Waals surface area contributed by atoms with Crippen LogP contribution in [0.4, 0.5) is 5.88 Å². The quantitative estimate of drug-likeness (QED) is 0.844. The molecule has 0 saturated heterocycles. The fraction of sp³-hybridized carbons (Fsp3) is 0.300. The van der Waals surface area contributed by atoms with Gasteiger partial charge in [0.2, 0.25) is 5.88 Å². The predicted molar refractivity (Wildman–Crippen MR) is 101 cm³/mol. The summed E-state index contributed by atoms with van der Waals surface area (Å²) in [6.07, 6.45) is 3.20. The average Bonchev–Trinajstić information content (AvgIpc) is 3.22. The molecule has 26 heavy (non-hydrogen) atoms. The minimum atomic E-state index is -0.152. The number of amidine groups is 1. The molecule has 1 N–H and O–H groups in total. The second-order valence-electron chi connectivity index (χ2n) is 6.50.